The van der Waals surface area contributed by atoms with Gasteiger partial charge in [-0.2, -0.15) is 0 Å². The van der Waals surface area contributed by atoms with Crippen molar-refractivity contribution in [1.82, 2.24) is 0 Å². The lowest BCUT2D eigenvalue weighted by Crippen LogP contribution is -2.57. The normalized spacial score (nSPS) is 13.3. The van der Waals surface area contributed by atoms with Gasteiger partial charge in [0.25, 0.3) is 6.71 Å². The van der Waals surface area contributed by atoms with E-state index in [0.29, 0.717) is 17.2 Å². The van der Waals surface area contributed by atoms with E-state index in [1.165, 1.54) is 0 Å². The molecular weight excluding hydrogens is 767 g/mol. The average Bonchev–Trinajstić information content (AvgIpc) is 3.32. The lowest BCUT2D eigenvalue weighted by Gasteiger charge is -2.36. The first-order valence-electron chi connectivity index (χ1n) is 20.7. The van der Waals surface area contributed by atoms with Crippen molar-refractivity contribution in [2.24, 2.45) is 0 Å². The highest BCUT2D eigenvalue weighted by Crippen LogP contribution is 2.53. The molecule has 0 spiro atoms. The van der Waals surface area contributed by atoms with Crippen LogP contribution >= 0.6 is 0 Å². The van der Waals surface area contributed by atoms with E-state index in [0.717, 1.165) is 102 Å². The van der Waals surface area contributed by atoms with Crippen molar-refractivity contribution in [2.45, 2.75) is 0 Å². The summed E-state index contributed by atoms with van der Waals surface area (Å²) >= 11 is 0. The first-order valence-corrected chi connectivity index (χ1v) is 20.7. The monoisotopic (exact) mass is 800 g/mol. The third-order valence-corrected chi connectivity index (χ3v) is 12.0. The van der Waals surface area contributed by atoms with E-state index in [2.05, 4.69) is 88.7 Å². The van der Waals surface area contributed by atoms with Gasteiger partial charge in [0.2, 0.25) is 0 Å². The van der Waals surface area contributed by atoms with E-state index in [1.54, 1.807) is 0 Å². The van der Waals surface area contributed by atoms with Crippen molar-refractivity contribution >= 4 is 57.2 Å². The Kier molecular flexibility index (Phi) is 7.56. The first kappa shape index (κ1) is 34.5. The van der Waals surface area contributed by atoms with Crippen LogP contribution in [0.5, 0.6) is 57.5 Å². The van der Waals surface area contributed by atoms with Crippen LogP contribution in [0.25, 0.3) is 11.1 Å². The van der Waals surface area contributed by atoms with E-state index in [-0.39, 0.29) is 6.71 Å². The largest absolute Gasteiger partial charge is 0.458 e. The highest BCUT2D eigenvalue weighted by molar-refractivity contribution is 6.98. The van der Waals surface area contributed by atoms with Crippen LogP contribution in [-0.2, 0) is 0 Å². The summed E-state index contributed by atoms with van der Waals surface area (Å²) in [7, 11) is 0. The van der Waals surface area contributed by atoms with E-state index in [4.69, 9.17) is 23.7 Å². The van der Waals surface area contributed by atoms with Crippen LogP contribution in [0, 0.1) is 0 Å². The van der Waals surface area contributed by atoms with Crippen LogP contribution < -0.4 is 49.9 Å². The second-order valence-electron chi connectivity index (χ2n) is 15.6. The van der Waals surface area contributed by atoms with E-state index in [1.807, 2.05) is 121 Å². The fourth-order valence-corrected chi connectivity index (χ4v) is 9.29. The molecule has 0 N–H and O–H groups in total. The molecule has 8 heteroatoms. The van der Waals surface area contributed by atoms with Crippen LogP contribution in [0.3, 0.4) is 0 Å². The van der Waals surface area contributed by atoms with Crippen molar-refractivity contribution in [3.63, 3.8) is 0 Å². The van der Waals surface area contributed by atoms with Crippen molar-refractivity contribution in [2.75, 3.05) is 9.80 Å². The fraction of sp³-hybridized carbons (Fsp3) is 0. The van der Waals surface area contributed by atoms with Gasteiger partial charge >= 0.3 is 0 Å². The lowest BCUT2D eigenvalue weighted by atomic mass is 9.35. The van der Waals surface area contributed by atoms with Crippen molar-refractivity contribution in [1.29, 1.82) is 0 Å². The number of hydrogen-bond donors (Lipinski definition) is 0. The van der Waals surface area contributed by atoms with Crippen LogP contribution in [0.2, 0.25) is 0 Å². The summed E-state index contributed by atoms with van der Waals surface area (Å²) in [6, 6.07) is 67.9. The van der Waals surface area contributed by atoms with Crippen LogP contribution in [0.15, 0.2) is 200 Å². The van der Waals surface area contributed by atoms with Gasteiger partial charge in [0, 0.05) is 35.3 Å². The highest BCUT2D eigenvalue weighted by Gasteiger charge is 2.42. The van der Waals surface area contributed by atoms with Crippen molar-refractivity contribution in [3.05, 3.63) is 200 Å². The predicted molar refractivity (Wildman–Crippen MR) is 246 cm³/mol. The van der Waals surface area contributed by atoms with Gasteiger partial charge in [-0.15, -0.1) is 0 Å². The Morgan fingerprint density at radius 3 is 1.27 bits per heavy atom. The number of nitrogens with zero attached hydrogens (tertiary/aromatic N) is 2. The second-order valence-corrected chi connectivity index (χ2v) is 15.6. The van der Waals surface area contributed by atoms with E-state index >= 15 is 0 Å². The molecule has 0 radical (unpaired) electrons. The minimum absolute atomic E-state index is 0.185. The zero-order valence-corrected chi connectivity index (χ0v) is 33.1. The maximum Gasteiger partial charge on any atom is 0.260 e. The molecule has 62 heavy (non-hydrogen) atoms. The van der Waals surface area contributed by atoms with Gasteiger partial charge in [-0.05, 0) is 83.2 Å². The number of benzene rings is 9. The van der Waals surface area contributed by atoms with Gasteiger partial charge in [-0.25, -0.2) is 0 Å². The zero-order valence-electron chi connectivity index (χ0n) is 33.1. The Morgan fingerprint density at radius 2 is 0.774 bits per heavy atom. The van der Waals surface area contributed by atoms with Gasteiger partial charge in [0.1, 0.15) is 34.5 Å². The van der Waals surface area contributed by atoms with Crippen molar-refractivity contribution in [3.8, 4) is 68.6 Å². The summed E-state index contributed by atoms with van der Waals surface area (Å²) in [5.74, 6) is 7.35. The van der Waals surface area contributed by atoms with Crippen molar-refractivity contribution < 1.29 is 23.7 Å². The van der Waals surface area contributed by atoms with E-state index < -0.39 is 0 Å². The third-order valence-electron chi connectivity index (χ3n) is 12.0. The van der Waals surface area contributed by atoms with Crippen LogP contribution in [0.4, 0.5) is 34.1 Å². The molecule has 0 fully saturated rings. The Bertz CT molecular complexity index is 3020. The summed E-state index contributed by atoms with van der Waals surface area (Å²) in [6.07, 6.45) is 0. The van der Waals surface area contributed by atoms with Gasteiger partial charge in [0.15, 0.2) is 23.0 Å². The molecule has 13 rings (SSSR count). The predicted octanol–water partition coefficient (Wildman–Crippen LogP) is 13.0. The minimum Gasteiger partial charge on any atom is -0.458 e. The summed E-state index contributed by atoms with van der Waals surface area (Å²) < 4.78 is 33.5. The van der Waals surface area contributed by atoms with Gasteiger partial charge < -0.3 is 33.5 Å². The smallest absolute Gasteiger partial charge is 0.260 e. The molecule has 292 valence electrons. The summed E-state index contributed by atoms with van der Waals surface area (Å²) in [5.41, 5.74) is 10.8. The Labute approximate surface area is 358 Å². The van der Waals surface area contributed by atoms with Gasteiger partial charge in [-0.3, -0.25) is 0 Å². The SMILES string of the molecule is c1ccc(-c2ccccc2Oc2cc3c4c(c2)Oc2cc(N5c6ccccc6Oc6ccccc65)ccc2B4c2ccc(N4c5ccccc5Oc5ccccc54)cc2O3)cc1. The molecule has 0 unspecified atom stereocenters. The Morgan fingerprint density at radius 1 is 0.355 bits per heavy atom. The number of fused-ring (bicyclic) bond motifs is 8. The average molecular weight is 801 g/mol. The maximum absolute atomic E-state index is 7.00. The zero-order chi connectivity index (χ0) is 40.7. The molecule has 0 amide bonds. The molecule has 9 aromatic carbocycles. The quantitative estimate of drug-likeness (QED) is 0.161. The molecule has 0 aromatic heterocycles. The Hall–Kier alpha value is -8.36. The molecule has 9 aromatic rings. The lowest BCUT2D eigenvalue weighted by molar-refractivity contribution is 0.443. The van der Waals surface area contributed by atoms with Crippen LogP contribution in [0.1, 0.15) is 0 Å². The molecule has 7 nitrogen and oxygen atoms in total. The number of anilines is 6. The summed E-state index contributed by atoms with van der Waals surface area (Å²) in [4.78, 5) is 4.47. The number of hydrogen-bond acceptors (Lipinski definition) is 7. The third kappa shape index (κ3) is 5.40. The molecular formula is C54H33BN2O5. The molecule has 0 saturated carbocycles. The minimum atomic E-state index is -0.185. The number of ether oxygens (including phenoxy) is 5. The molecule has 4 aliphatic rings. The maximum atomic E-state index is 7.00. The molecule has 4 heterocycles. The topological polar surface area (TPSA) is 52.6 Å². The number of rotatable bonds is 5. The molecule has 0 bridgehead atoms. The summed E-state index contributed by atoms with van der Waals surface area (Å²) in [6.45, 7) is -0.185. The molecule has 4 aliphatic heterocycles. The van der Waals surface area contributed by atoms with Gasteiger partial charge in [-0.1, -0.05) is 109 Å². The van der Waals surface area contributed by atoms with Crippen LogP contribution in [-0.4, -0.2) is 6.71 Å². The second kappa shape index (κ2) is 13.6. The molecule has 0 atom stereocenters. The standard InChI is InChI=1S/C54H33BN2O5/c1-2-14-34(15-3-1)38-16-4-9-21-45(38)58-37-32-52-54-53(33-37)62-51-31-36(57-43-19-7-12-24-48(43)60-49-25-13-8-20-44(49)57)27-29-40(51)55(54)39-28-26-35(30-50(39)61-52)56-41-17-5-10-22-46(41)59-47-23-11-6-18-42(47)56/h1-33H. The fourth-order valence-electron chi connectivity index (χ4n) is 9.29. The molecule has 0 aliphatic carbocycles. The van der Waals surface area contributed by atoms with E-state index in [9.17, 15) is 0 Å². The highest BCUT2D eigenvalue weighted by atomic mass is 16.5. The first-order chi connectivity index (χ1) is 30.7. The Balaban J connectivity index is 0.973. The van der Waals surface area contributed by atoms with Gasteiger partial charge in [0.05, 0.1) is 34.1 Å². The molecule has 0 saturated heterocycles. The summed E-state index contributed by atoms with van der Waals surface area (Å²) in [5, 5.41) is 0. The number of para-hydroxylation sites is 9.